The van der Waals surface area contributed by atoms with Crippen molar-refractivity contribution >= 4 is 71.2 Å². The maximum Gasteiger partial charge on any atom is 0.150 e. The number of anilines is 3. The highest BCUT2D eigenvalue weighted by molar-refractivity contribution is 6.18. The molecule has 246 valence electrons. The van der Waals surface area contributed by atoms with E-state index in [9.17, 15) is 0 Å². The highest BCUT2D eigenvalue weighted by Gasteiger charge is 2.22. The van der Waals surface area contributed by atoms with Crippen LogP contribution in [0.15, 0.2) is 188 Å². The first kappa shape index (κ1) is 30.0. The first-order valence-corrected chi connectivity index (χ1v) is 17.7. The van der Waals surface area contributed by atoms with Crippen molar-refractivity contribution in [3.05, 3.63) is 188 Å². The molecule has 0 atom stereocenters. The summed E-state index contributed by atoms with van der Waals surface area (Å²) in [6.07, 6.45) is 0. The fraction of sp³-hybridized carbons (Fsp3) is 0.0204. The van der Waals surface area contributed by atoms with Crippen LogP contribution >= 0.6 is 0 Å². The number of benzene rings is 9. The number of hydrogen-bond donors (Lipinski definition) is 0. The van der Waals surface area contributed by atoms with Crippen LogP contribution in [0.2, 0.25) is 0 Å². The Balaban J connectivity index is 1.26. The van der Waals surface area contributed by atoms with E-state index in [1.54, 1.807) is 7.11 Å². The summed E-state index contributed by atoms with van der Waals surface area (Å²) in [7, 11) is 1.78. The lowest BCUT2D eigenvalue weighted by Crippen LogP contribution is -2.12. The van der Waals surface area contributed by atoms with Crippen LogP contribution in [0.5, 0.6) is 5.75 Å². The summed E-state index contributed by atoms with van der Waals surface area (Å²) in [5, 5.41) is 9.84. The van der Waals surface area contributed by atoms with Crippen LogP contribution in [0.4, 0.5) is 17.1 Å². The number of nitrogens with zero attached hydrogens (tertiary/aromatic N) is 2. The summed E-state index contributed by atoms with van der Waals surface area (Å²) in [5.74, 6) is 0.824. The Morgan fingerprint density at radius 3 is 1.81 bits per heavy atom. The maximum absolute atomic E-state index is 6.33. The second kappa shape index (κ2) is 12.2. The predicted molar refractivity (Wildman–Crippen MR) is 220 cm³/mol. The molecule has 0 N–H and O–H groups in total. The molecule has 0 aliphatic carbocycles. The van der Waals surface area contributed by atoms with Gasteiger partial charge in [-0.1, -0.05) is 133 Å². The summed E-state index contributed by atoms with van der Waals surface area (Å²) in [4.78, 5) is 2.36. The molecule has 3 nitrogen and oxygen atoms in total. The molecule has 0 saturated carbocycles. The first-order valence-electron chi connectivity index (χ1n) is 17.7. The number of hydrogen-bond acceptors (Lipinski definition) is 2. The number of rotatable bonds is 6. The fourth-order valence-electron chi connectivity index (χ4n) is 8.09. The smallest absolute Gasteiger partial charge is 0.150 e. The first-order chi connectivity index (χ1) is 25.8. The average molecular weight is 667 g/mol. The molecule has 0 unspecified atom stereocenters. The highest BCUT2D eigenvalue weighted by atomic mass is 16.5. The molecule has 0 spiro atoms. The van der Waals surface area contributed by atoms with Crippen molar-refractivity contribution in [1.29, 1.82) is 0 Å². The highest BCUT2D eigenvalue weighted by Crippen LogP contribution is 2.47. The molecule has 1 heterocycles. The molecule has 0 aliphatic heterocycles. The lowest BCUT2D eigenvalue weighted by atomic mass is 9.96. The third-order valence-corrected chi connectivity index (χ3v) is 10.4. The van der Waals surface area contributed by atoms with Gasteiger partial charge in [0, 0.05) is 33.4 Å². The van der Waals surface area contributed by atoms with Gasteiger partial charge in [-0.05, 0) is 92.5 Å². The molecule has 1 aromatic heterocycles. The van der Waals surface area contributed by atoms with E-state index >= 15 is 0 Å². The molecular formula is C49H34N2O. The van der Waals surface area contributed by atoms with E-state index in [-0.39, 0.29) is 0 Å². The maximum atomic E-state index is 6.33. The summed E-state index contributed by atoms with van der Waals surface area (Å²) in [6.45, 7) is 0. The quantitative estimate of drug-likeness (QED) is 0.164. The van der Waals surface area contributed by atoms with Crippen LogP contribution in [0, 0.1) is 0 Å². The minimum Gasteiger partial charge on any atom is -0.494 e. The van der Waals surface area contributed by atoms with E-state index < -0.39 is 0 Å². The lowest BCUT2D eigenvalue weighted by Gasteiger charge is -2.28. The molecule has 0 radical (unpaired) electrons. The van der Waals surface area contributed by atoms with Crippen LogP contribution in [0.25, 0.3) is 70.9 Å². The minimum atomic E-state index is 0.824. The predicted octanol–water partition coefficient (Wildman–Crippen LogP) is 13.4. The molecule has 0 aliphatic rings. The van der Waals surface area contributed by atoms with Crippen LogP contribution < -0.4 is 9.64 Å². The van der Waals surface area contributed by atoms with Gasteiger partial charge in [0.1, 0.15) is 0 Å². The largest absolute Gasteiger partial charge is 0.494 e. The number of para-hydroxylation sites is 3. The molecule has 10 aromatic rings. The van der Waals surface area contributed by atoms with E-state index in [1.807, 2.05) is 0 Å². The molecule has 52 heavy (non-hydrogen) atoms. The molecule has 9 aromatic carbocycles. The van der Waals surface area contributed by atoms with Gasteiger partial charge in [0.05, 0.1) is 23.8 Å². The number of aromatic nitrogens is 1. The summed E-state index contributed by atoms with van der Waals surface area (Å²) in [6, 6.07) is 67.6. The number of fused-ring (bicyclic) bond motifs is 8. The topological polar surface area (TPSA) is 17.4 Å². The van der Waals surface area contributed by atoms with Gasteiger partial charge in [-0.15, -0.1) is 0 Å². The monoisotopic (exact) mass is 666 g/mol. The van der Waals surface area contributed by atoms with Gasteiger partial charge in [0.15, 0.2) is 5.75 Å². The normalized spacial score (nSPS) is 11.6. The summed E-state index contributed by atoms with van der Waals surface area (Å²) >= 11 is 0. The van der Waals surface area contributed by atoms with Crippen molar-refractivity contribution in [2.45, 2.75) is 0 Å². The Morgan fingerprint density at radius 1 is 0.423 bits per heavy atom. The van der Waals surface area contributed by atoms with Crippen molar-refractivity contribution in [2.75, 3.05) is 12.0 Å². The fourth-order valence-corrected chi connectivity index (χ4v) is 8.09. The molecule has 0 fully saturated rings. The molecule has 0 amide bonds. The summed E-state index contributed by atoms with van der Waals surface area (Å²) in [5.41, 5.74) is 8.73. The van der Waals surface area contributed by atoms with E-state index in [4.69, 9.17) is 4.74 Å². The zero-order valence-corrected chi connectivity index (χ0v) is 28.7. The van der Waals surface area contributed by atoms with Gasteiger partial charge in [0.2, 0.25) is 0 Å². The Bertz CT molecular complexity index is 2950. The zero-order chi connectivity index (χ0) is 34.6. The Kier molecular flexibility index (Phi) is 7.04. The second-order valence-corrected chi connectivity index (χ2v) is 13.3. The summed E-state index contributed by atoms with van der Waals surface area (Å²) < 4.78 is 8.70. The molecule has 10 rings (SSSR count). The van der Waals surface area contributed by atoms with Gasteiger partial charge in [0.25, 0.3) is 0 Å². The standard InChI is InChI=1S/C49H34N2O/c1-52-49-40(33-13-4-2-5-14-33)20-12-22-48(49)50(37-26-23-35-25-28-41-39-18-9-8-15-34(39)24-29-42(41)44(35)31-37)38-27-30-47-45(32-38)43-19-10-11-21-46(43)51(47)36-16-6-3-7-17-36/h2-32H,1H3. The zero-order valence-electron chi connectivity index (χ0n) is 28.7. The molecule has 0 bridgehead atoms. The number of methoxy groups -OCH3 is 1. The van der Waals surface area contributed by atoms with Gasteiger partial charge in [-0.3, -0.25) is 0 Å². The molecular weight excluding hydrogens is 633 g/mol. The van der Waals surface area contributed by atoms with E-state index in [0.29, 0.717) is 0 Å². The lowest BCUT2D eigenvalue weighted by molar-refractivity contribution is 0.417. The van der Waals surface area contributed by atoms with E-state index in [2.05, 4.69) is 198 Å². The van der Waals surface area contributed by atoms with Crippen molar-refractivity contribution in [3.63, 3.8) is 0 Å². The number of ether oxygens (including phenoxy) is 1. The van der Waals surface area contributed by atoms with Crippen molar-refractivity contribution in [1.82, 2.24) is 4.57 Å². The molecule has 3 heteroatoms. The van der Waals surface area contributed by atoms with Gasteiger partial charge in [-0.25, -0.2) is 0 Å². The Labute approximate surface area is 302 Å². The SMILES string of the molecule is COc1c(-c2ccccc2)cccc1N(c1ccc2ccc3c4ccccc4ccc3c2c1)c1ccc2c(c1)c1ccccc1n2-c1ccccc1. The van der Waals surface area contributed by atoms with Crippen LogP contribution in [0.3, 0.4) is 0 Å². The van der Waals surface area contributed by atoms with Gasteiger partial charge >= 0.3 is 0 Å². The Morgan fingerprint density at radius 2 is 1.02 bits per heavy atom. The van der Waals surface area contributed by atoms with E-state index in [0.717, 1.165) is 45.1 Å². The molecule has 0 saturated heterocycles. The minimum absolute atomic E-state index is 0.824. The van der Waals surface area contributed by atoms with Crippen LogP contribution in [0.1, 0.15) is 0 Å². The third-order valence-electron chi connectivity index (χ3n) is 10.4. The van der Waals surface area contributed by atoms with Crippen molar-refractivity contribution in [3.8, 4) is 22.6 Å². The Hall–Kier alpha value is -6.84. The average Bonchev–Trinajstić information content (AvgIpc) is 3.55. The third kappa shape index (κ3) is 4.74. The van der Waals surface area contributed by atoms with Crippen molar-refractivity contribution < 1.29 is 4.74 Å². The second-order valence-electron chi connectivity index (χ2n) is 13.3. The van der Waals surface area contributed by atoms with Crippen molar-refractivity contribution in [2.24, 2.45) is 0 Å². The van der Waals surface area contributed by atoms with Crippen LogP contribution in [-0.2, 0) is 0 Å². The van der Waals surface area contributed by atoms with E-state index in [1.165, 1.54) is 48.6 Å². The van der Waals surface area contributed by atoms with Gasteiger partial charge in [-0.2, -0.15) is 0 Å². The van der Waals surface area contributed by atoms with Gasteiger partial charge < -0.3 is 14.2 Å². The van der Waals surface area contributed by atoms with Crippen LogP contribution in [-0.4, -0.2) is 11.7 Å².